The molecule has 16 heavy (non-hydrogen) atoms. The molecule has 3 heteroatoms. The normalized spacial score (nSPS) is 12.7. The standard InChI is InChI=1S/C13H13BrO2/c1-9-6-11(14)2-3-12(9)13(15)7-10-4-5-16-8-10/h2-6,8,13,15H,7H2,1H3. The minimum Gasteiger partial charge on any atom is -0.472 e. The molecule has 0 saturated carbocycles. The Morgan fingerprint density at radius 2 is 2.19 bits per heavy atom. The predicted molar refractivity (Wildman–Crippen MR) is 66.3 cm³/mol. The maximum atomic E-state index is 10.1. The molecule has 84 valence electrons. The first-order chi connectivity index (χ1) is 7.66. The second kappa shape index (κ2) is 4.85. The minimum atomic E-state index is -0.481. The van der Waals surface area contributed by atoms with E-state index in [9.17, 15) is 5.11 Å². The molecule has 1 heterocycles. The fourth-order valence-corrected chi connectivity index (χ4v) is 2.23. The molecule has 1 atom stereocenters. The summed E-state index contributed by atoms with van der Waals surface area (Å²) in [6.45, 7) is 2.00. The van der Waals surface area contributed by atoms with Gasteiger partial charge < -0.3 is 9.52 Å². The molecule has 0 aliphatic rings. The fourth-order valence-electron chi connectivity index (χ4n) is 1.76. The fraction of sp³-hybridized carbons (Fsp3) is 0.231. The molecule has 0 radical (unpaired) electrons. The Hall–Kier alpha value is -1.06. The minimum absolute atomic E-state index is 0.481. The summed E-state index contributed by atoms with van der Waals surface area (Å²) in [5, 5.41) is 10.1. The van der Waals surface area contributed by atoms with E-state index in [2.05, 4.69) is 15.9 Å². The highest BCUT2D eigenvalue weighted by molar-refractivity contribution is 9.10. The van der Waals surface area contributed by atoms with Crippen LogP contribution in [0.15, 0.2) is 45.7 Å². The van der Waals surface area contributed by atoms with Crippen molar-refractivity contribution in [1.29, 1.82) is 0 Å². The lowest BCUT2D eigenvalue weighted by Gasteiger charge is -2.13. The van der Waals surface area contributed by atoms with Crippen LogP contribution < -0.4 is 0 Å². The Bertz CT molecular complexity index is 463. The van der Waals surface area contributed by atoms with Crippen molar-refractivity contribution in [3.8, 4) is 0 Å². The van der Waals surface area contributed by atoms with Crippen LogP contribution in [0.5, 0.6) is 0 Å². The summed E-state index contributed by atoms with van der Waals surface area (Å²) in [6, 6.07) is 7.77. The zero-order valence-electron chi connectivity index (χ0n) is 8.98. The van der Waals surface area contributed by atoms with Crippen molar-refractivity contribution in [1.82, 2.24) is 0 Å². The smallest absolute Gasteiger partial charge is 0.0935 e. The van der Waals surface area contributed by atoms with Gasteiger partial charge >= 0.3 is 0 Å². The van der Waals surface area contributed by atoms with E-state index in [1.165, 1.54) is 0 Å². The number of rotatable bonds is 3. The molecule has 0 saturated heterocycles. The molecular weight excluding hydrogens is 268 g/mol. The first kappa shape index (κ1) is 11.4. The van der Waals surface area contributed by atoms with Gasteiger partial charge in [-0.15, -0.1) is 0 Å². The first-order valence-corrected chi connectivity index (χ1v) is 5.91. The van der Waals surface area contributed by atoms with Gasteiger partial charge in [0.25, 0.3) is 0 Å². The van der Waals surface area contributed by atoms with Gasteiger partial charge in [0.05, 0.1) is 18.6 Å². The van der Waals surface area contributed by atoms with Gasteiger partial charge in [0, 0.05) is 10.9 Å². The molecule has 0 amide bonds. The number of aryl methyl sites for hydroxylation is 1. The molecule has 0 fully saturated rings. The Kier molecular flexibility index (Phi) is 3.46. The first-order valence-electron chi connectivity index (χ1n) is 5.12. The molecular formula is C13H13BrO2. The maximum absolute atomic E-state index is 10.1. The van der Waals surface area contributed by atoms with Crippen LogP contribution in [0, 0.1) is 6.92 Å². The molecule has 0 aliphatic heterocycles. The van der Waals surface area contributed by atoms with E-state index in [1.807, 2.05) is 31.2 Å². The van der Waals surface area contributed by atoms with Crippen molar-refractivity contribution in [2.24, 2.45) is 0 Å². The molecule has 1 aromatic heterocycles. The Morgan fingerprint density at radius 1 is 1.38 bits per heavy atom. The van der Waals surface area contributed by atoms with Crippen LogP contribution in [0.25, 0.3) is 0 Å². The SMILES string of the molecule is Cc1cc(Br)ccc1C(O)Cc1ccoc1. The average Bonchev–Trinajstić information content (AvgIpc) is 2.70. The molecule has 2 aromatic rings. The maximum Gasteiger partial charge on any atom is 0.0935 e. The van der Waals surface area contributed by atoms with Crippen molar-refractivity contribution in [2.45, 2.75) is 19.4 Å². The third kappa shape index (κ3) is 2.54. The summed E-state index contributed by atoms with van der Waals surface area (Å²) in [5.74, 6) is 0. The van der Waals surface area contributed by atoms with Crippen LogP contribution in [-0.4, -0.2) is 5.11 Å². The highest BCUT2D eigenvalue weighted by atomic mass is 79.9. The monoisotopic (exact) mass is 280 g/mol. The summed E-state index contributed by atoms with van der Waals surface area (Å²) in [4.78, 5) is 0. The van der Waals surface area contributed by atoms with Crippen molar-refractivity contribution in [3.63, 3.8) is 0 Å². The molecule has 0 spiro atoms. The van der Waals surface area contributed by atoms with E-state index in [1.54, 1.807) is 12.5 Å². The third-order valence-electron chi connectivity index (χ3n) is 2.60. The summed E-state index contributed by atoms with van der Waals surface area (Å²) in [5.41, 5.74) is 3.06. The van der Waals surface area contributed by atoms with Gasteiger partial charge in [-0.25, -0.2) is 0 Å². The topological polar surface area (TPSA) is 33.4 Å². The van der Waals surface area contributed by atoms with E-state index in [0.29, 0.717) is 6.42 Å². The van der Waals surface area contributed by atoms with Crippen LogP contribution in [0.2, 0.25) is 0 Å². The second-order valence-corrected chi connectivity index (χ2v) is 4.77. The number of aliphatic hydroxyl groups excluding tert-OH is 1. The lowest BCUT2D eigenvalue weighted by molar-refractivity contribution is 0.177. The molecule has 2 nitrogen and oxygen atoms in total. The van der Waals surface area contributed by atoms with Gasteiger partial charge in [-0.2, -0.15) is 0 Å². The van der Waals surface area contributed by atoms with Gasteiger partial charge in [-0.1, -0.05) is 22.0 Å². The van der Waals surface area contributed by atoms with Crippen LogP contribution in [0.4, 0.5) is 0 Å². The summed E-state index contributed by atoms with van der Waals surface area (Å²) < 4.78 is 6.01. The number of halogens is 1. The van der Waals surface area contributed by atoms with Gasteiger partial charge in [-0.05, 0) is 41.8 Å². The number of benzene rings is 1. The molecule has 1 unspecified atom stereocenters. The number of hydrogen-bond acceptors (Lipinski definition) is 2. The Balaban J connectivity index is 2.17. The van der Waals surface area contributed by atoms with Crippen LogP contribution in [-0.2, 0) is 6.42 Å². The highest BCUT2D eigenvalue weighted by Crippen LogP contribution is 2.24. The number of furan rings is 1. The lowest BCUT2D eigenvalue weighted by atomic mass is 9.99. The van der Waals surface area contributed by atoms with Gasteiger partial charge in [0.2, 0.25) is 0 Å². The van der Waals surface area contributed by atoms with Crippen molar-refractivity contribution in [2.75, 3.05) is 0 Å². The molecule has 1 N–H and O–H groups in total. The second-order valence-electron chi connectivity index (χ2n) is 3.85. The lowest BCUT2D eigenvalue weighted by Crippen LogP contribution is -2.03. The van der Waals surface area contributed by atoms with Crippen LogP contribution in [0.3, 0.4) is 0 Å². The van der Waals surface area contributed by atoms with E-state index < -0.39 is 6.10 Å². The van der Waals surface area contributed by atoms with E-state index in [-0.39, 0.29) is 0 Å². The zero-order valence-corrected chi connectivity index (χ0v) is 10.6. The average molecular weight is 281 g/mol. The van der Waals surface area contributed by atoms with Crippen LogP contribution >= 0.6 is 15.9 Å². The van der Waals surface area contributed by atoms with Crippen molar-refractivity contribution >= 4 is 15.9 Å². The van der Waals surface area contributed by atoms with Gasteiger partial charge in [0.1, 0.15) is 0 Å². The van der Waals surface area contributed by atoms with E-state index >= 15 is 0 Å². The van der Waals surface area contributed by atoms with Crippen molar-refractivity contribution in [3.05, 3.63) is 58.0 Å². The van der Waals surface area contributed by atoms with E-state index in [0.717, 1.165) is 21.2 Å². The van der Waals surface area contributed by atoms with E-state index in [4.69, 9.17) is 4.42 Å². The Morgan fingerprint density at radius 3 is 2.81 bits per heavy atom. The van der Waals surface area contributed by atoms with Gasteiger partial charge in [-0.3, -0.25) is 0 Å². The van der Waals surface area contributed by atoms with Gasteiger partial charge in [0.15, 0.2) is 0 Å². The quantitative estimate of drug-likeness (QED) is 0.932. The highest BCUT2D eigenvalue weighted by Gasteiger charge is 2.11. The Labute approximate surface area is 103 Å². The summed E-state index contributed by atoms with van der Waals surface area (Å²) in [6.07, 6.45) is 3.39. The number of aliphatic hydroxyl groups is 1. The summed E-state index contributed by atoms with van der Waals surface area (Å²) in [7, 11) is 0. The number of hydrogen-bond donors (Lipinski definition) is 1. The van der Waals surface area contributed by atoms with Crippen LogP contribution in [0.1, 0.15) is 22.8 Å². The molecule has 2 rings (SSSR count). The van der Waals surface area contributed by atoms with Crippen molar-refractivity contribution < 1.29 is 9.52 Å². The largest absolute Gasteiger partial charge is 0.472 e. The summed E-state index contributed by atoms with van der Waals surface area (Å²) >= 11 is 3.41. The molecule has 0 bridgehead atoms. The third-order valence-corrected chi connectivity index (χ3v) is 3.09. The predicted octanol–water partition coefficient (Wildman–Crippen LogP) is 3.63. The molecule has 0 aliphatic carbocycles. The molecule has 1 aromatic carbocycles. The zero-order chi connectivity index (χ0) is 11.5.